The number of nitrogens with zero attached hydrogens (tertiary/aromatic N) is 5. The van der Waals surface area contributed by atoms with Crippen LogP contribution in [0, 0.1) is 12.8 Å². The molecule has 4 aromatic rings. The number of hydrogen-bond donors (Lipinski definition) is 1. The summed E-state index contributed by atoms with van der Waals surface area (Å²) in [4.78, 5) is 19.0. The Kier molecular flexibility index (Phi) is 6.85. The van der Waals surface area contributed by atoms with E-state index in [4.69, 9.17) is 4.74 Å². The maximum Gasteiger partial charge on any atom is 0.253 e. The van der Waals surface area contributed by atoms with E-state index in [0.29, 0.717) is 23.9 Å². The van der Waals surface area contributed by atoms with Crippen LogP contribution in [0.15, 0.2) is 59.4 Å². The fourth-order valence-corrected chi connectivity index (χ4v) is 5.92. The molecular formula is C29H34N6O2. The number of aromatic amines is 1. The molecular weight excluding hydrogens is 464 g/mol. The predicted octanol–water partition coefficient (Wildman–Crippen LogP) is 4.05. The summed E-state index contributed by atoms with van der Waals surface area (Å²) in [7, 11) is 0. The molecule has 2 fully saturated rings. The summed E-state index contributed by atoms with van der Waals surface area (Å²) in [5.74, 6) is 1.34. The largest absolute Gasteiger partial charge is 0.376 e. The molecule has 1 N–H and O–H groups in total. The Balaban J connectivity index is 1.32. The monoisotopic (exact) mass is 498 g/mol. The molecule has 2 aliphatic rings. The second kappa shape index (κ2) is 10.6. The third-order valence-electron chi connectivity index (χ3n) is 7.91. The second-order valence-electron chi connectivity index (χ2n) is 10.6. The minimum atomic E-state index is -0.316. The second-order valence-corrected chi connectivity index (χ2v) is 10.6. The van der Waals surface area contributed by atoms with Crippen molar-refractivity contribution in [1.29, 1.82) is 0 Å². The summed E-state index contributed by atoms with van der Waals surface area (Å²) in [5.41, 5.74) is 3.98. The first-order chi connectivity index (χ1) is 18.1. The molecule has 6 rings (SSSR count). The molecule has 8 nitrogen and oxygen atoms in total. The van der Waals surface area contributed by atoms with Crippen LogP contribution in [0.4, 0.5) is 0 Å². The van der Waals surface area contributed by atoms with Crippen molar-refractivity contribution in [1.82, 2.24) is 30.1 Å². The maximum atomic E-state index is 13.5. The maximum absolute atomic E-state index is 13.5. The molecule has 2 atom stereocenters. The number of aromatic nitrogens is 5. The lowest BCUT2D eigenvalue weighted by atomic mass is 9.89. The molecule has 0 spiro atoms. The van der Waals surface area contributed by atoms with Gasteiger partial charge in [0.25, 0.3) is 5.56 Å². The number of ether oxygens (including phenoxy) is 1. The minimum Gasteiger partial charge on any atom is -0.376 e. The Morgan fingerprint density at radius 1 is 1.08 bits per heavy atom. The molecule has 2 saturated heterocycles. The number of H-pyrrole nitrogens is 1. The van der Waals surface area contributed by atoms with Gasteiger partial charge in [0.05, 0.1) is 12.6 Å². The molecule has 0 aliphatic carbocycles. The van der Waals surface area contributed by atoms with Crippen LogP contribution in [0.5, 0.6) is 0 Å². The summed E-state index contributed by atoms with van der Waals surface area (Å²) in [5, 5.41) is 13.9. The first kappa shape index (κ1) is 24.0. The predicted molar refractivity (Wildman–Crippen MR) is 142 cm³/mol. The van der Waals surface area contributed by atoms with E-state index in [0.717, 1.165) is 68.3 Å². The van der Waals surface area contributed by atoms with E-state index in [1.807, 2.05) is 23.7 Å². The number of tetrazole rings is 1. The fourth-order valence-electron chi connectivity index (χ4n) is 5.92. The van der Waals surface area contributed by atoms with Crippen LogP contribution in [-0.2, 0) is 17.7 Å². The van der Waals surface area contributed by atoms with Crippen LogP contribution in [0.3, 0.4) is 0 Å². The number of aryl methyl sites for hydroxylation is 1. The Morgan fingerprint density at radius 2 is 1.92 bits per heavy atom. The Labute approximate surface area is 216 Å². The third-order valence-corrected chi connectivity index (χ3v) is 7.91. The van der Waals surface area contributed by atoms with Gasteiger partial charge in [0.15, 0.2) is 5.82 Å². The number of fused-ring (bicyclic) bond motifs is 1. The summed E-state index contributed by atoms with van der Waals surface area (Å²) in [6, 6.07) is 18.6. The van der Waals surface area contributed by atoms with Crippen LogP contribution in [0.1, 0.15) is 54.2 Å². The first-order valence-electron chi connectivity index (χ1n) is 13.4. The lowest BCUT2D eigenvalue weighted by Gasteiger charge is -2.37. The van der Waals surface area contributed by atoms with Crippen LogP contribution in [0.2, 0.25) is 0 Å². The van der Waals surface area contributed by atoms with Crippen molar-refractivity contribution in [3.05, 3.63) is 87.5 Å². The molecule has 0 saturated carbocycles. The highest BCUT2D eigenvalue weighted by Crippen LogP contribution is 2.32. The van der Waals surface area contributed by atoms with Gasteiger partial charge in [-0.2, -0.15) is 0 Å². The Hall–Kier alpha value is -3.36. The lowest BCUT2D eigenvalue weighted by Crippen LogP contribution is -2.41. The molecule has 0 amide bonds. The Morgan fingerprint density at radius 3 is 2.70 bits per heavy atom. The van der Waals surface area contributed by atoms with Gasteiger partial charge in [0.2, 0.25) is 0 Å². The van der Waals surface area contributed by atoms with Crippen molar-refractivity contribution >= 4 is 10.9 Å². The zero-order chi connectivity index (χ0) is 25.2. The van der Waals surface area contributed by atoms with Gasteiger partial charge >= 0.3 is 0 Å². The fraction of sp³-hybridized carbons (Fsp3) is 0.448. The lowest BCUT2D eigenvalue weighted by molar-refractivity contribution is 0.0892. The minimum absolute atomic E-state index is 0.0822. The van der Waals surface area contributed by atoms with Gasteiger partial charge in [-0.15, -0.1) is 5.10 Å². The molecule has 2 aliphatic heterocycles. The van der Waals surface area contributed by atoms with Crippen LogP contribution < -0.4 is 5.56 Å². The molecule has 0 bridgehead atoms. The van der Waals surface area contributed by atoms with Gasteiger partial charge in [-0.3, -0.25) is 9.69 Å². The highest BCUT2D eigenvalue weighted by molar-refractivity contribution is 5.79. The molecule has 2 aromatic heterocycles. The van der Waals surface area contributed by atoms with E-state index < -0.39 is 0 Å². The molecule has 0 unspecified atom stereocenters. The van der Waals surface area contributed by atoms with Gasteiger partial charge in [-0.25, -0.2) is 4.68 Å². The molecule has 2 aromatic carbocycles. The van der Waals surface area contributed by atoms with E-state index >= 15 is 0 Å². The van der Waals surface area contributed by atoms with Crippen molar-refractivity contribution in [2.24, 2.45) is 5.92 Å². The van der Waals surface area contributed by atoms with E-state index in [1.165, 1.54) is 5.56 Å². The topological polar surface area (TPSA) is 88.9 Å². The highest BCUT2D eigenvalue weighted by Gasteiger charge is 2.34. The normalized spacial score (nSPS) is 20.0. The summed E-state index contributed by atoms with van der Waals surface area (Å²) in [6.45, 7) is 5.20. The van der Waals surface area contributed by atoms with E-state index in [9.17, 15) is 4.79 Å². The zero-order valence-electron chi connectivity index (χ0n) is 21.3. The van der Waals surface area contributed by atoms with Crippen LogP contribution >= 0.6 is 0 Å². The van der Waals surface area contributed by atoms with E-state index in [-0.39, 0.29) is 17.7 Å². The van der Waals surface area contributed by atoms with Gasteiger partial charge in [0, 0.05) is 17.7 Å². The smallest absolute Gasteiger partial charge is 0.253 e. The van der Waals surface area contributed by atoms with Crippen molar-refractivity contribution < 1.29 is 4.74 Å². The van der Waals surface area contributed by atoms with Crippen molar-refractivity contribution in [2.45, 2.75) is 57.7 Å². The van der Waals surface area contributed by atoms with Crippen LogP contribution in [-0.4, -0.2) is 55.9 Å². The average molecular weight is 499 g/mol. The van der Waals surface area contributed by atoms with E-state index in [1.54, 1.807) is 0 Å². The first-order valence-corrected chi connectivity index (χ1v) is 13.4. The van der Waals surface area contributed by atoms with Crippen molar-refractivity contribution in [2.75, 3.05) is 19.7 Å². The number of pyridine rings is 1. The number of nitrogens with one attached hydrogen (secondary N) is 1. The summed E-state index contributed by atoms with van der Waals surface area (Å²) >= 11 is 0. The third kappa shape index (κ3) is 5.22. The average Bonchev–Trinajstić information content (AvgIpc) is 3.59. The Bertz CT molecular complexity index is 1400. The number of piperidine rings is 1. The summed E-state index contributed by atoms with van der Waals surface area (Å²) in [6.07, 6.45) is 5.41. The van der Waals surface area contributed by atoms with E-state index in [2.05, 4.69) is 67.9 Å². The van der Waals surface area contributed by atoms with Gasteiger partial charge < -0.3 is 9.72 Å². The number of rotatable bonds is 7. The molecule has 8 heteroatoms. The molecule has 4 heterocycles. The molecule has 192 valence electrons. The zero-order valence-corrected chi connectivity index (χ0v) is 21.3. The van der Waals surface area contributed by atoms with Crippen LogP contribution in [0.25, 0.3) is 10.9 Å². The molecule has 37 heavy (non-hydrogen) atoms. The van der Waals surface area contributed by atoms with Crippen molar-refractivity contribution in [3.8, 4) is 0 Å². The van der Waals surface area contributed by atoms with Crippen molar-refractivity contribution in [3.63, 3.8) is 0 Å². The quantitative estimate of drug-likeness (QED) is 0.414. The van der Waals surface area contributed by atoms with Gasteiger partial charge in [-0.05, 0) is 97.1 Å². The molecule has 0 radical (unpaired) electrons. The standard InChI is InChI=1S/C29H34N6O2/c1-20-9-10-23-18-25(29(36)30-26(23)16-20)27(28-31-32-33-35(28)19-24-8-5-15-37-24)34-13-11-22(12-14-34)17-21-6-3-2-4-7-21/h2-4,6-7,9-10,16,18,22,24,27H,5,8,11-15,17,19H2,1H3,(H,30,36)/t24-,27+/m0/s1. The number of benzene rings is 2. The SMILES string of the molecule is Cc1ccc2cc([C@H](c3nnnn3C[C@@H]3CCCO3)N3CCC(Cc4ccccc4)CC3)c(=O)[nH]c2c1. The number of likely N-dealkylation sites (tertiary alicyclic amines) is 1. The highest BCUT2D eigenvalue weighted by atomic mass is 16.5. The van der Waals surface area contributed by atoms with Gasteiger partial charge in [0.1, 0.15) is 6.04 Å². The summed E-state index contributed by atoms with van der Waals surface area (Å²) < 4.78 is 7.73. The number of hydrogen-bond acceptors (Lipinski definition) is 6. The van der Waals surface area contributed by atoms with Gasteiger partial charge in [-0.1, -0.05) is 42.5 Å².